The molecular formula is C12H11ClN2O. The largest absolute Gasteiger partial charge is 0.376 e. The van der Waals surface area contributed by atoms with E-state index in [0.717, 1.165) is 0 Å². The SMILES string of the molecule is C/C(=C/C(=O)c1ccc(Cl)cc1)NCC#N. The number of nitriles is 1. The minimum atomic E-state index is -0.111. The summed E-state index contributed by atoms with van der Waals surface area (Å²) in [5, 5.41) is 11.8. The molecule has 82 valence electrons. The van der Waals surface area contributed by atoms with Crippen LogP contribution in [0.2, 0.25) is 5.02 Å². The van der Waals surface area contributed by atoms with Crippen LogP contribution in [-0.2, 0) is 0 Å². The molecule has 0 spiro atoms. The molecule has 1 N–H and O–H groups in total. The molecule has 0 bridgehead atoms. The molecule has 0 radical (unpaired) electrons. The Morgan fingerprint density at radius 3 is 2.69 bits per heavy atom. The maximum atomic E-state index is 11.7. The van der Waals surface area contributed by atoms with Crippen LogP contribution in [0, 0.1) is 11.3 Å². The van der Waals surface area contributed by atoms with Crippen LogP contribution >= 0.6 is 11.6 Å². The first-order valence-corrected chi connectivity index (χ1v) is 5.10. The highest BCUT2D eigenvalue weighted by molar-refractivity contribution is 6.30. The lowest BCUT2D eigenvalue weighted by Crippen LogP contribution is -2.12. The highest BCUT2D eigenvalue weighted by Crippen LogP contribution is 2.10. The minimum absolute atomic E-state index is 0.111. The van der Waals surface area contributed by atoms with Gasteiger partial charge in [0.1, 0.15) is 6.54 Å². The van der Waals surface area contributed by atoms with E-state index >= 15 is 0 Å². The summed E-state index contributed by atoms with van der Waals surface area (Å²) in [7, 11) is 0. The zero-order valence-electron chi connectivity index (χ0n) is 8.83. The van der Waals surface area contributed by atoms with Crippen molar-refractivity contribution in [3.05, 3.63) is 46.6 Å². The molecule has 0 aromatic heterocycles. The molecule has 0 unspecified atom stereocenters. The lowest BCUT2D eigenvalue weighted by Gasteiger charge is -2.01. The molecule has 4 heteroatoms. The Morgan fingerprint density at radius 1 is 1.50 bits per heavy atom. The summed E-state index contributed by atoms with van der Waals surface area (Å²) in [4.78, 5) is 11.7. The van der Waals surface area contributed by atoms with Gasteiger partial charge in [0.05, 0.1) is 6.07 Å². The molecule has 0 fully saturated rings. The van der Waals surface area contributed by atoms with Crippen molar-refractivity contribution in [2.75, 3.05) is 6.54 Å². The van der Waals surface area contributed by atoms with E-state index in [-0.39, 0.29) is 12.3 Å². The predicted molar refractivity (Wildman–Crippen MR) is 63.2 cm³/mol. The number of halogens is 1. The molecule has 1 aromatic rings. The molecule has 0 aliphatic heterocycles. The normalized spacial score (nSPS) is 10.7. The van der Waals surface area contributed by atoms with Crippen molar-refractivity contribution in [2.45, 2.75) is 6.92 Å². The number of benzene rings is 1. The van der Waals surface area contributed by atoms with E-state index in [1.807, 2.05) is 6.07 Å². The van der Waals surface area contributed by atoms with Gasteiger partial charge in [-0.2, -0.15) is 5.26 Å². The van der Waals surface area contributed by atoms with Crippen LogP contribution in [0.4, 0.5) is 0 Å². The first kappa shape index (κ1) is 12.3. The van der Waals surface area contributed by atoms with Crippen molar-refractivity contribution >= 4 is 17.4 Å². The quantitative estimate of drug-likeness (QED) is 0.495. The number of carbonyl (C=O) groups is 1. The molecule has 0 aliphatic rings. The molecule has 1 aromatic carbocycles. The molecular weight excluding hydrogens is 224 g/mol. The number of ketones is 1. The van der Waals surface area contributed by atoms with Gasteiger partial charge in [-0.15, -0.1) is 0 Å². The third-order valence-electron chi connectivity index (χ3n) is 1.92. The highest BCUT2D eigenvalue weighted by Gasteiger charge is 2.02. The van der Waals surface area contributed by atoms with E-state index in [0.29, 0.717) is 16.3 Å². The lowest BCUT2D eigenvalue weighted by molar-refractivity contribution is 0.104. The number of hydrogen-bond donors (Lipinski definition) is 1. The Bertz CT molecular complexity index is 443. The van der Waals surface area contributed by atoms with E-state index in [9.17, 15) is 4.79 Å². The van der Waals surface area contributed by atoms with E-state index in [4.69, 9.17) is 16.9 Å². The molecule has 0 aliphatic carbocycles. The molecule has 0 saturated heterocycles. The summed E-state index contributed by atoms with van der Waals surface area (Å²) >= 11 is 5.72. The Hall–Kier alpha value is -1.79. The standard InChI is InChI=1S/C12H11ClN2O/c1-9(15-7-6-14)8-12(16)10-2-4-11(13)5-3-10/h2-5,8,15H,7H2,1H3/b9-8-. The van der Waals surface area contributed by atoms with Gasteiger partial charge in [-0.3, -0.25) is 4.79 Å². The number of hydrogen-bond acceptors (Lipinski definition) is 3. The van der Waals surface area contributed by atoms with Gasteiger partial charge in [-0.05, 0) is 31.2 Å². The Labute approximate surface area is 99.3 Å². The first-order valence-electron chi connectivity index (χ1n) is 4.72. The van der Waals surface area contributed by atoms with Crippen molar-refractivity contribution in [1.29, 1.82) is 5.26 Å². The summed E-state index contributed by atoms with van der Waals surface area (Å²) in [6.07, 6.45) is 1.46. The van der Waals surface area contributed by atoms with Gasteiger partial charge in [-0.1, -0.05) is 11.6 Å². The maximum Gasteiger partial charge on any atom is 0.187 e. The van der Waals surface area contributed by atoms with Crippen LogP contribution in [0.3, 0.4) is 0 Å². The Balaban J connectivity index is 2.72. The molecule has 0 heterocycles. The van der Waals surface area contributed by atoms with E-state index in [1.54, 1.807) is 31.2 Å². The van der Waals surface area contributed by atoms with Crippen molar-refractivity contribution < 1.29 is 4.79 Å². The van der Waals surface area contributed by atoms with Gasteiger partial charge in [0.25, 0.3) is 0 Å². The molecule has 0 amide bonds. The van der Waals surface area contributed by atoms with Crippen molar-refractivity contribution in [3.8, 4) is 6.07 Å². The van der Waals surface area contributed by atoms with Crippen molar-refractivity contribution in [2.24, 2.45) is 0 Å². The van der Waals surface area contributed by atoms with Crippen LogP contribution in [-0.4, -0.2) is 12.3 Å². The smallest absolute Gasteiger partial charge is 0.187 e. The topological polar surface area (TPSA) is 52.9 Å². The zero-order chi connectivity index (χ0) is 12.0. The fourth-order valence-corrected chi connectivity index (χ4v) is 1.25. The van der Waals surface area contributed by atoms with Crippen LogP contribution in [0.25, 0.3) is 0 Å². The highest BCUT2D eigenvalue weighted by atomic mass is 35.5. The van der Waals surface area contributed by atoms with Gasteiger partial charge >= 0.3 is 0 Å². The molecule has 1 rings (SSSR count). The third kappa shape index (κ3) is 3.76. The summed E-state index contributed by atoms with van der Waals surface area (Å²) in [5.74, 6) is -0.111. The van der Waals surface area contributed by atoms with Gasteiger partial charge in [0.15, 0.2) is 5.78 Å². The number of carbonyl (C=O) groups excluding carboxylic acids is 1. The zero-order valence-corrected chi connectivity index (χ0v) is 9.58. The average Bonchev–Trinajstić information content (AvgIpc) is 2.27. The van der Waals surface area contributed by atoms with Crippen molar-refractivity contribution in [3.63, 3.8) is 0 Å². The summed E-state index contributed by atoms with van der Waals surface area (Å²) in [5.41, 5.74) is 1.24. The summed E-state index contributed by atoms with van der Waals surface area (Å²) in [6, 6.07) is 8.60. The van der Waals surface area contributed by atoms with Crippen LogP contribution < -0.4 is 5.32 Å². The molecule has 16 heavy (non-hydrogen) atoms. The average molecular weight is 235 g/mol. The fourth-order valence-electron chi connectivity index (χ4n) is 1.12. The molecule has 0 saturated carbocycles. The van der Waals surface area contributed by atoms with Gasteiger partial charge in [-0.25, -0.2) is 0 Å². The number of nitrogens with zero attached hydrogens (tertiary/aromatic N) is 1. The van der Waals surface area contributed by atoms with Gasteiger partial charge in [0, 0.05) is 22.4 Å². The second-order valence-corrected chi connectivity index (χ2v) is 3.65. The van der Waals surface area contributed by atoms with Crippen LogP contribution in [0.5, 0.6) is 0 Å². The van der Waals surface area contributed by atoms with Crippen molar-refractivity contribution in [1.82, 2.24) is 5.32 Å². The van der Waals surface area contributed by atoms with Crippen LogP contribution in [0.15, 0.2) is 36.0 Å². The molecule has 3 nitrogen and oxygen atoms in total. The summed E-state index contributed by atoms with van der Waals surface area (Å²) in [6.45, 7) is 1.93. The number of nitrogens with one attached hydrogen (secondary N) is 1. The maximum absolute atomic E-state index is 11.7. The summed E-state index contributed by atoms with van der Waals surface area (Å²) < 4.78 is 0. The number of allylic oxidation sites excluding steroid dienone is 2. The third-order valence-corrected chi connectivity index (χ3v) is 2.17. The van der Waals surface area contributed by atoms with Gasteiger partial charge in [0.2, 0.25) is 0 Å². The van der Waals surface area contributed by atoms with E-state index < -0.39 is 0 Å². The lowest BCUT2D eigenvalue weighted by atomic mass is 10.1. The fraction of sp³-hybridized carbons (Fsp3) is 0.167. The molecule has 0 atom stereocenters. The number of rotatable bonds is 4. The second-order valence-electron chi connectivity index (χ2n) is 3.21. The minimum Gasteiger partial charge on any atom is -0.376 e. The Morgan fingerprint density at radius 2 is 2.12 bits per heavy atom. The monoisotopic (exact) mass is 234 g/mol. The van der Waals surface area contributed by atoms with Gasteiger partial charge < -0.3 is 5.32 Å². The second kappa shape index (κ2) is 5.94. The Kier molecular flexibility index (Phi) is 4.56. The first-order chi connectivity index (χ1) is 7.63. The van der Waals surface area contributed by atoms with E-state index in [1.165, 1.54) is 6.08 Å². The van der Waals surface area contributed by atoms with E-state index in [2.05, 4.69) is 5.32 Å². The predicted octanol–water partition coefficient (Wildman–Crippen LogP) is 2.54. The van der Waals surface area contributed by atoms with Crippen LogP contribution in [0.1, 0.15) is 17.3 Å².